The van der Waals surface area contributed by atoms with Crippen LogP contribution in [0.2, 0.25) is 0 Å². The minimum Gasteiger partial charge on any atom is -0.346 e. The fourth-order valence-electron chi connectivity index (χ4n) is 2.48. The normalized spacial score (nSPS) is 16.8. The lowest BCUT2D eigenvalue weighted by molar-refractivity contribution is 0.0940. The summed E-state index contributed by atoms with van der Waals surface area (Å²) in [6.07, 6.45) is 6.17. The van der Waals surface area contributed by atoms with Crippen LogP contribution in [-0.4, -0.2) is 20.4 Å². The standard InChI is InChI=1S/C15H19FN2O3S/c1-10(11-5-3-2-4-6-11)18-15(19)13-9-12(22(17,20)21)7-8-14(13)16/h5,7-10H,2-4,6H2,1H3,(H,18,19)(H2,17,20,21)/t10-/m1/s1. The average molecular weight is 326 g/mol. The number of rotatable bonds is 4. The van der Waals surface area contributed by atoms with Crippen LogP contribution in [0, 0.1) is 5.82 Å². The van der Waals surface area contributed by atoms with E-state index in [1.54, 1.807) is 0 Å². The quantitative estimate of drug-likeness (QED) is 0.830. The fourth-order valence-corrected chi connectivity index (χ4v) is 3.02. The highest BCUT2D eigenvalue weighted by Crippen LogP contribution is 2.21. The number of halogens is 1. The van der Waals surface area contributed by atoms with Crippen LogP contribution in [0.25, 0.3) is 0 Å². The molecule has 1 aliphatic carbocycles. The predicted molar refractivity (Wildman–Crippen MR) is 81.3 cm³/mol. The molecule has 0 aliphatic heterocycles. The van der Waals surface area contributed by atoms with Crippen LogP contribution in [0.4, 0.5) is 4.39 Å². The van der Waals surface area contributed by atoms with Gasteiger partial charge in [-0.05, 0) is 50.8 Å². The molecule has 0 radical (unpaired) electrons. The minimum atomic E-state index is -3.98. The van der Waals surface area contributed by atoms with E-state index in [2.05, 4.69) is 11.4 Å². The van der Waals surface area contributed by atoms with Gasteiger partial charge in [-0.3, -0.25) is 4.79 Å². The van der Waals surface area contributed by atoms with Crippen LogP contribution in [0.15, 0.2) is 34.7 Å². The summed E-state index contributed by atoms with van der Waals surface area (Å²) in [6, 6.07) is 2.71. The van der Waals surface area contributed by atoms with Gasteiger partial charge in [0.2, 0.25) is 10.0 Å². The number of carbonyl (C=O) groups excluding carboxylic acids is 1. The summed E-state index contributed by atoms with van der Waals surface area (Å²) >= 11 is 0. The van der Waals surface area contributed by atoms with Gasteiger partial charge < -0.3 is 5.32 Å². The van der Waals surface area contributed by atoms with Gasteiger partial charge in [0.25, 0.3) is 5.91 Å². The molecule has 0 saturated carbocycles. The number of nitrogens with one attached hydrogen (secondary N) is 1. The first-order valence-corrected chi connectivity index (χ1v) is 8.66. The molecule has 0 heterocycles. The van der Waals surface area contributed by atoms with Gasteiger partial charge in [-0.15, -0.1) is 0 Å². The first-order valence-electron chi connectivity index (χ1n) is 7.11. The molecular weight excluding hydrogens is 307 g/mol. The zero-order valence-electron chi connectivity index (χ0n) is 12.3. The Kier molecular flexibility index (Phi) is 4.97. The molecule has 0 spiro atoms. The maximum absolute atomic E-state index is 13.8. The summed E-state index contributed by atoms with van der Waals surface area (Å²) in [5, 5.41) is 7.71. The van der Waals surface area contributed by atoms with Crippen molar-refractivity contribution in [3.8, 4) is 0 Å². The van der Waals surface area contributed by atoms with E-state index < -0.39 is 21.7 Å². The Morgan fingerprint density at radius 3 is 2.68 bits per heavy atom. The lowest BCUT2D eigenvalue weighted by atomic mass is 9.94. The molecule has 3 N–H and O–H groups in total. The number of carbonyl (C=O) groups is 1. The number of nitrogens with two attached hydrogens (primary N) is 1. The highest BCUT2D eigenvalue weighted by Gasteiger charge is 2.20. The van der Waals surface area contributed by atoms with E-state index in [0.717, 1.165) is 49.5 Å². The molecular formula is C15H19FN2O3S. The summed E-state index contributed by atoms with van der Waals surface area (Å²) in [4.78, 5) is 11.9. The molecule has 1 aliphatic rings. The van der Waals surface area contributed by atoms with Crippen LogP contribution in [0.5, 0.6) is 0 Å². The Morgan fingerprint density at radius 1 is 1.36 bits per heavy atom. The second-order valence-corrected chi connectivity index (χ2v) is 6.97. The summed E-state index contributed by atoms with van der Waals surface area (Å²) in [5.74, 6) is -1.43. The Balaban J connectivity index is 2.20. The molecule has 2 rings (SSSR count). The molecule has 1 atom stereocenters. The first kappa shape index (κ1) is 16.6. The largest absolute Gasteiger partial charge is 0.346 e. The Morgan fingerprint density at radius 2 is 2.09 bits per heavy atom. The van der Waals surface area contributed by atoms with E-state index in [1.807, 2.05) is 6.92 Å². The Bertz CT molecular complexity index is 713. The molecule has 0 unspecified atom stereocenters. The zero-order valence-corrected chi connectivity index (χ0v) is 13.1. The van der Waals surface area contributed by atoms with Gasteiger partial charge in [-0.2, -0.15) is 0 Å². The van der Waals surface area contributed by atoms with Crippen LogP contribution < -0.4 is 10.5 Å². The molecule has 0 bridgehead atoms. The van der Waals surface area contributed by atoms with Gasteiger partial charge >= 0.3 is 0 Å². The number of sulfonamides is 1. The van der Waals surface area contributed by atoms with Gasteiger partial charge in [0, 0.05) is 6.04 Å². The van der Waals surface area contributed by atoms with Crippen molar-refractivity contribution in [2.75, 3.05) is 0 Å². The van der Waals surface area contributed by atoms with E-state index in [4.69, 9.17) is 5.14 Å². The van der Waals surface area contributed by atoms with Crippen LogP contribution in [0.3, 0.4) is 0 Å². The van der Waals surface area contributed by atoms with Crippen molar-refractivity contribution in [2.45, 2.75) is 43.5 Å². The molecule has 5 nitrogen and oxygen atoms in total. The smallest absolute Gasteiger partial charge is 0.254 e. The number of hydrogen-bond donors (Lipinski definition) is 2. The first-order chi connectivity index (χ1) is 10.3. The minimum absolute atomic E-state index is 0.217. The number of primary sulfonamides is 1. The van der Waals surface area contributed by atoms with Crippen molar-refractivity contribution >= 4 is 15.9 Å². The molecule has 120 valence electrons. The fraction of sp³-hybridized carbons (Fsp3) is 0.400. The van der Waals surface area contributed by atoms with E-state index >= 15 is 0 Å². The van der Waals surface area contributed by atoms with Crippen molar-refractivity contribution in [1.82, 2.24) is 5.32 Å². The SMILES string of the molecule is C[C@@H](NC(=O)c1cc(S(N)(=O)=O)ccc1F)C1=CCCCC1. The Labute approximate surface area is 129 Å². The lowest BCUT2D eigenvalue weighted by Crippen LogP contribution is -2.35. The molecule has 22 heavy (non-hydrogen) atoms. The second-order valence-electron chi connectivity index (χ2n) is 5.41. The topological polar surface area (TPSA) is 89.3 Å². The summed E-state index contributed by atoms with van der Waals surface area (Å²) < 4.78 is 36.4. The molecule has 0 aromatic heterocycles. The third-order valence-electron chi connectivity index (χ3n) is 3.74. The van der Waals surface area contributed by atoms with Gasteiger partial charge in [-0.1, -0.05) is 11.6 Å². The van der Waals surface area contributed by atoms with Crippen molar-refractivity contribution < 1.29 is 17.6 Å². The van der Waals surface area contributed by atoms with Crippen LogP contribution in [0.1, 0.15) is 43.0 Å². The second kappa shape index (κ2) is 6.58. The summed E-state index contributed by atoms with van der Waals surface area (Å²) in [5.41, 5.74) is 0.789. The van der Waals surface area contributed by atoms with Crippen LogP contribution >= 0.6 is 0 Å². The lowest BCUT2D eigenvalue weighted by Gasteiger charge is -2.21. The number of benzene rings is 1. The maximum Gasteiger partial charge on any atom is 0.254 e. The molecule has 7 heteroatoms. The molecule has 0 saturated heterocycles. The van der Waals surface area contributed by atoms with E-state index in [1.165, 1.54) is 0 Å². The van der Waals surface area contributed by atoms with Gasteiger partial charge in [0.05, 0.1) is 10.5 Å². The van der Waals surface area contributed by atoms with Gasteiger partial charge in [0.15, 0.2) is 0 Å². The predicted octanol–water partition coefficient (Wildman–Crippen LogP) is 2.09. The van der Waals surface area contributed by atoms with Gasteiger partial charge in [0.1, 0.15) is 5.82 Å². The third-order valence-corrected chi connectivity index (χ3v) is 4.65. The Hall–Kier alpha value is -1.73. The van der Waals surface area contributed by atoms with E-state index in [9.17, 15) is 17.6 Å². The monoisotopic (exact) mass is 326 g/mol. The summed E-state index contributed by atoms with van der Waals surface area (Å²) in [6.45, 7) is 1.83. The molecule has 1 amide bonds. The van der Waals surface area contributed by atoms with Crippen molar-refractivity contribution in [3.63, 3.8) is 0 Å². The van der Waals surface area contributed by atoms with E-state index in [0.29, 0.717) is 0 Å². The number of allylic oxidation sites excluding steroid dienone is 1. The van der Waals surface area contributed by atoms with Crippen molar-refractivity contribution in [2.24, 2.45) is 5.14 Å². The number of amides is 1. The highest BCUT2D eigenvalue weighted by molar-refractivity contribution is 7.89. The zero-order chi connectivity index (χ0) is 16.3. The van der Waals surface area contributed by atoms with Gasteiger partial charge in [-0.25, -0.2) is 17.9 Å². The van der Waals surface area contributed by atoms with E-state index in [-0.39, 0.29) is 16.5 Å². The molecule has 0 fully saturated rings. The van der Waals surface area contributed by atoms with Crippen LogP contribution in [-0.2, 0) is 10.0 Å². The average Bonchev–Trinajstić information content (AvgIpc) is 2.47. The third kappa shape index (κ3) is 3.92. The van der Waals surface area contributed by atoms with Crippen molar-refractivity contribution in [1.29, 1.82) is 0 Å². The number of hydrogen-bond acceptors (Lipinski definition) is 3. The summed E-state index contributed by atoms with van der Waals surface area (Å²) in [7, 11) is -3.98. The highest BCUT2D eigenvalue weighted by atomic mass is 32.2. The maximum atomic E-state index is 13.8. The van der Waals surface area contributed by atoms with Crippen molar-refractivity contribution in [3.05, 3.63) is 41.2 Å². The molecule has 1 aromatic rings. The molecule has 1 aromatic carbocycles.